The van der Waals surface area contributed by atoms with Crippen LogP contribution in [0.1, 0.15) is 29.8 Å². The van der Waals surface area contributed by atoms with Crippen molar-refractivity contribution in [1.29, 1.82) is 0 Å². The summed E-state index contributed by atoms with van der Waals surface area (Å²) < 4.78 is 0. The van der Waals surface area contributed by atoms with Crippen molar-refractivity contribution in [3.63, 3.8) is 0 Å². The van der Waals surface area contributed by atoms with E-state index in [9.17, 15) is 9.90 Å². The highest BCUT2D eigenvalue weighted by molar-refractivity contribution is 5.79. The largest absolute Gasteiger partial charge is 0.483 e. The van der Waals surface area contributed by atoms with Gasteiger partial charge in [-0.05, 0) is 39.8 Å². The van der Waals surface area contributed by atoms with Crippen LogP contribution in [0.2, 0.25) is 0 Å². The number of rotatable bonds is 3. The van der Waals surface area contributed by atoms with Crippen LogP contribution in [0.15, 0.2) is 0 Å². The van der Waals surface area contributed by atoms with Crippen LogP contribution in [-0.4, -0.2) is 80.9 Å². The number of likely N-dealkylation sites (tertiary alicyclic amines) is 2. The Morgan fingerprint density at radius 2 is 1.96 bits per heavy atom. The molecule has 2 fully saturated rings. The van der Waals surface area contributed by atoms with Crippen molar-refractivity contribution in [3.8, 4) is 0 Å². The van der Waals surface area contributed by atoms with E-state index in [1.54, 1.807) is 4.90 Å². The summed E-state index contributed by atoms with van der Waals surface area (Å²) in [4.78, 5) is 25.0. The molecule has 24 heavy (non-hydrogen) atoms. The van der Waals surface area contributed by atoms with Gasteiger partial charge in [0.15, 0.2) is 0 Å². The molecule has 2 saturated heterocycles. The van der Waals surface area contributed by atoms with Crippen molar-refractivity contribution < 1.29 is 19.8 Å². The molecule has 0 aromatic carbocycles. The Hall–Kier alpha value is -1.93. The third-order valence-corrected chi connectivity index (χ3v) is 4.83. The van der Waals surface area contributed by atoms with Gasteiger partial charge in [0.1, 0.15) is 0 Å². The number of H-pyrrole nitrogens is 1. The normalized spacial score (nSPS) is 23.9. The van der Waals surface area contributed by atoms with E-state index in [1.165, 1.54) is 12.8 Å². The third-order valence-electron chi connectivity index (χ3n) is 4.83. The second-order valence-corrected chi connectivity index (χ2v) is 6.37. The Labute approximate surface area is 141 Å². The zero-order valence-corrected chi connectivity index (χ0v) is 14.2. The molecule has 1 aromatic heterocycles. The average molecular weight is 338 g/mol. The molecule has 1 amide bonds. The maximum absolute atomic E-state index is 12.5. The van der Waals surface area contributed by atoms with Gasteiger partial charge < -0.3 is 15.1 Å². The fraction of sp³-hybridized carbons (Fsp3) is 0.688. The smallest absolute Gasteiger partial charge is 0.290 e. The molecule has 0 spiro atoms. The van der Waals surface area contributed by atoms with Gasteiger partial charge in [-0.3, -0.25) is 19.6 Å². The Morgan fingerprint density at radius 1 is 1.33 bits per heavy atom. The second kappa shape index (κ2) is 8.25. The summed E-state index contributed by atoms with van der Waals surface area (Å²) >= 11 is 0. The van der Waals surface area contributed by atoms with Crippen molar-refractivity contribution in [2.45, 2.75) is 45.3 Å². The number of aromatic nitrogens is 2. The minimum atomic E-state index is -0.418. The molecule has 2 aliphatic heterocycles. The van der Waals surface area contributed by atoms with Crippen molar-refractivity contribution >= 4 is 12.4 Å². The topological polar surface area (TPSA) is 110 Å². The molecule has 8 heteroatoms. The first-order valence-electron chi connectivity index (χ1n) is 8.26. The molecule has 3 N–H and O–H groups in total. The summed E-state index contributed by atoms with van der Waals surface area (Å²) in [6.45, 7) is 6.80. The Bertz CT molecular complexity index is 549. The molecular formula is C16H26N4O4. The fourth-order valence-electron chi connectivity index (χ4n) is 3.50. The van der Waals surface area contributed by atoms with Gasteiger partial charge in [0.05, 0.1) is 24.3 Å². The number of nitrogens with zero attached hydrogens (tertiary/aromatic N) is 3. The minimum Gasteiger partial charge on any atom is -0.483 e. The summed E-state index contributed by atoms with van der Waals surface area (Å²) in [5.74, 6) is 0.0864. The van der Waals surface area contributed by atoms with Gasteiger partial charge in [-0.25, -0.2) is 0 Å². The summed E-state index contributed by atoms with van der Waals surface area (Å²) in [5, 5.41) is 24.2. The molecular weight excluding hydrogens is 312 g/mol. The van der Waals surface area contributed by atoms with E-state index in [-0.39, 0.29) is 18.4 Å². The number of hydrogen-bond donors (Lipinski definition) is 3. The minimum absolute atomic E-state index is 0.0864. The van der Waals surface area contributed by atoms with Crippen molar-refractivity contribution in [1.82, 2.24) is 20.0 Å². The lowest BCUT2D eigenvalue weighted by Crippen LogP contribution is -2.41. The number of aliphatic hydroxyl groups excluding tert-OH is 1. The lowest BCUT2D eigenvalue weighted by Gasteiger charge is -2.25. The lowest BCUT2D eigenvalue weighted by molar-refractivity contribution is -0.130. The zero-order valence-electron chi connectivity index (χ0n) is 14.2. The van der Waals surface area contributed by atoms with Crippen LogP contribution in [0.5, 0.6) is 0 Å². The highest BCUT2D eigenvalue weighted by Gasteiger charge is 2.38. The first-order chi connectivity index (χ1) is 11.5. The van der Waals surface area contributed by atoms with Crippen LogP contribution in [0.4, 0.5) is 0 Å². The quantitative estimate of drug-likeness (QED) is 0.666. The average Bonchev–Trinajstić information content (AvgIpc) is 3.25. The maximum Gasteiger partial charge on any atom is 0.290 e. The first-order valence-corrected chi connectivity index (χ1v) is 8.26. The number of β-amino-alcohol motifs (C(OH)–C–C–N with tert-alkyl or cyclic N) is 1. The number of aromatic amines is 1. The molecule has 134 valence electrons. The molecule has 0 unspecified atom stereocenters. The van der Waals surface area contributed by atoms with Crippen molar-refractivity contribution in [3.05, 3.63) is 17.0 Å². The number of carbonyl (C=O) groups excluding carboxylic acids is 1. The van der Waals surface area contributed by atoms with E-state index in [0.717, 1.165) is 30.0 Å². The molecule has 0 saturated carbocycles. The lowest BCUT2D eigenvalue weighted by atomic mass is 10.1. The van der Waals surface area contributed by atoms with Crippen LogP contribution in [0.3, 0.4) is 0 Å². The number of amides is 1. The maximum atomic E-state index is 12.5. The predicted molar refractivity (Wildman–Crippen MR) is 87.6 cm³/mol. The van der Waals surface area contributed by atoms with Gasteiger partial charge in [-0.1, -0.05) is 0 Å². The van der Waals surface area contributed by atoms with E-state index in [0.29, 0.717) is 19.5 Å². The molecule has 0 bridgehead atoms. The Morgan fingerprint density at radius 3 is 2.50 bits per heavy atom. The van der Waals surface area contributed by atoms with Crippen LogP contribution >= 0.6 is 0 Å². The molecule has 2 atom stereocenters. The van der Waals surface area contributed by atoms with Gasteiger partial charge in [0.2, 0.25) is 5.91 Å². The third kappa shape index (κ3) is 4.12. The standard InChI is InChI=1S/C15H24N4O2.CH2O2/c1-10-12(11(2)17-16-10)7-15(21)19-8-13(14(20)9-19)18-5-3-4-6-18;2-1-3/h13-14,20H,3-9H2,1-2H3,(H,16,17);1H,(H,2,3)/t13-,14-;/m0./s1. The molecule has 8 nitrogen and oxygen atoms in total. The predicted octanol–water partition coefficient (Wildman–Crippen LogP) is -0.0627. The monoisotopic (exact) mass is 338 g/mol. The first kappa shape index (κ1) is 18.4. The number of carbonyl (C=O) groups is 2. The highest BCUT2D eigenvalue weighted by atomic mass is 16.3. The van der Waals surface area contributed by atoms with Gasteiger partial charge in [0, 0.05) is 24.3 Å². The van der Waals surface area contributed by atoms with Crippen molar-refractivity contribution in [2.24, 2.45) is 0 Å². The van der Waals surface area contributed by atoms with Crippen LogP contribution in [0.25, 0.3) is 0 Å². The number of aryl methyl sites for hydroxylation is 2. The number of aliphatic hydroxyl groups is 1. The Kier molecular flexibility index (Phi) is 6.33. The highest BCUT2D eigenvalue weighted by Crippen LogP contribution is 2.22. The molecule has 3 heterocycles. The van der Waals surface area contributed by atoms with Crippen LogP contribution in [0, 0.1) is 13.8 Å². The van der Waals surface area contributed by atoms with Crippen LogP contribution < -0.4 is 0 Å². The van der Waals surface area contributed by atoms with E-state index >= 15 is 0 Å². The summed E-state index contributed by atoms with van der Waals surface area (Å²) in [6.07, 6.45) is 2.35. The Balaban J connectivity index is 0.000000647. The number of carboxylic acid groups (broad SMARTS) is 1. The van der Waals surface area contributed by atoms with E-state index in [4.69, 9.17) is 9.90 Å². The zero-order chi connectivity index (χ0) is 17.7. The second-order valence-electron chi connectivity index (χ2n) is 6.37. The summed E-state index contributed by atoms with van der Waals surface area (Å²) in [5.41, 5.74) is 2.83. The van der Waals surface area contributed by atoms with Gasteiger partial charge >= 0.3 is 0 Å². The fourth-order valence-corrected chi connectivity index (χ4v) is 3.50. The molecule has 0 aliphatic carbocycles. The summed E-state index contributed by atoms with van der Waals surface area (Å²) in [6, 6.07) is 0.114. The van der Waals surface area contributed by atoms with Gasteiger partial charge in [-0.2, -0.15) is 5.10 Å². The SMILES string of the molecule is Cc1n[nH]c(C)c1CC(=O)N1C[C@H](O)[C@@H](N2CCCC2)C1.O=CO. The molecule has 1 aromatic rings. The van der Waals surface area contributed by atoms with Gasteiger partial charge in [-0.15, -0.1) is 0 Å². The molecule has 2 aliphatic rings. The van der Waals surface area contributed by atoms with Crippen LogP contribution in [-0.2, 0) is 16.0 Å². The molecule has 0 radical (unpaired) electrons. The van der Waals surface area contributed by atoms with Gasteiger partial charge in [0.25, 0.3) is 6.47 Å². The van der Waals surface area contributed by atoms with Crippen molar-refractivity contribution in [2.75, 3.05) is 26.2 Å². The van der Waals surface area contributed by atoms with E-state index in [1.807, 2.05) is 13.8 Å². The van der Waals surface area contributed by atoms with E-state index < -0.39 is 6.10 Å². The number of nitrogens with one attached hydrogen (secondary N) is 1. The summed E-state index contributed by atoms with van der Waals surface area (Å²) in [7, 11) is 0. The van der Waals surface area contributed by atoms with E-state index in [2.05, 4.69) is 15.1 Å². The molecule has 3 rings (SSSR count). The number of hydrogen-bond acceptors (Lipinski definition) is 5.